The smallest absolute Gasteiger partial charge is 0.239 e. The highest BCUT2D eigenvalue weighted by atomic mass is 32.2. The van der Waals surface area contributed by atoms with Gasteiger partial charge in [0.05, 0.1) is 10.6 Å². The number of imidazole rings is 1. The summed E-state index contributed by atoms with van der Waals surface area (Å²) in [5.41, 5.74) is 9.76. The lowest BCUT2D eigenvalue weighted by molar-refractivity contribution is 0.315. The number of benzene rings is 1. The highest BCUT2D eigenvalue weighted by Crippen LogP contribution is 2.36. The molecule has 1 aliphatic heterocycles. The summed E-state index contributed by atoms with van der Waals surface area (Å²) in [6.07, 6.45) is 10.8. The number of nitrogens with one attached hydrogen (secondary N) is 1. The van der Waals surface area contributed by atoms with Crippen molar-refractivity contribution in [1.29, 1.82) is 0 Å². The fourth-order valence-corrected chi connectivity index (χ4v) is 6.48. The van der Waals surface area contributed by atoms with Gasteiger partial charge >= 0.3 is 0 Å². The van der Waals surface area contributed by atoms with E-state index in [0.717, 1.165) is 33.6 Å². The van der Waals surface area contributed by atoms with Crippen molar-refractivity contribution >= 4 is 32.3 Å². The molecule has 9 heteroatoms. The number of hydrogen-bond donors (Lipinski definition) is 2. The van der Waals surface area contributed by atoms with Crippen molar-refractivity contribution in [3.8, 4) is 11.4 Å². The lowest BCUT2D eigenvalue weighted by Crippen LogP contribution is -2.38. The van der Waals surface area contributed by atoms with E-state index in [0.29, 0.717) is 43.1 Å². The van der Waals surface area contributed by atoms with Gasteiger partial charge < -0.3 is 10.7 Å². The fraction of sp³-hybridized carbons (Fsp3) is 0.250. The molecule has 33 heavy (non-hydrogen) atoms. The molecule has 1 fully saturated rings. The molecule has 4 aromatic rings. The molecule has 0 amide bonds. The molecule has 4 heterocycles. The highest BCUT2D eigenvalue weighted by Gasteiger charge is 2.33. The van der Waals surface area contributed by atoms with E-state index in [-0.39, 0.29) is 5.92 Å². The monoisotopic (exact) mass is 460 g/mol. The maximum absolute atomic E-state index is 12.9. The fourth-order valence-electron chi connectivity index (χ4n) is 4.90. The first-order chi connectivity index (χ1) is 16.0. The lowest BCUT2D eigenvalue weighted by atomic mass is 9.97. The van der Waals surface area contributed by atoms with Gasteiger partial charge in [-0.05, 0) is 31.1 Å². The molecule has 3 aromatic heterocycles. The average Bonchev–Trinajstić information content (AvgIpc) is 3.57. The van der Waals surface area contributed by atoms with Crippen molar-refractivity contribution in [2.24, 2.45) is 0 Å². The van der Waals surface area contributed by atoms with Gasteiger partial charge in [0.25, 0.3) is 0 Å². The molecule has 0 bridgehead atoms. The van der Waals surface area contributed by atoms with Crippen LogP contribution in [-0.2, 0) is 10.0 Å². The number of nitrogens with two attached hydrogens (primary N) is 1. The van der Waals surface area contributed by atoms with E-state index in [1.54, 1.807) is 22.7 Å². The van der Waals surface area contributed by atoms with E-state index < -0.39 is 10.0 Å². The van der Waals surface area contributed by atoms with Crippen LogP contribution in [0.25, 0.3) is 27.8 Å². The molecule has 3 N–H and O–H groups in total. The predicted octanol–water partition coefficient (Wildman–Crippen LogP) is 3.81. The van der Waals surface area contributed by atoms with Gasteiger partial charge in [-0.3, -0.25) is 4.40 Å². The summed E-state index contributed by atoms with van der Waals surface area (Å²) in [5.74, 6) is 1.44. The number of rotatable bonds is 4. The minimum absolute atomic E-state index is 0.125. The van der Waals surface area contributed by atoms with E-state index in [9.17, 15) is 8.42 Å². The molecule has 1 aliphatic carbocycles. The third-order valence-electron chi connectivity index (χ3n) is 6.62. The van der Waals surface area contributed by atoms with Crippen molar-refractivity contribution < 1.29 is 8.42 Å². The predicted molar refractivity (Wildman–Crippen MR) is 129 cm³/mol. The minimum Gasteiger partial charge on any atom is -0.382 e. The average molecular weight is 461 g/mol. The van der Waals surface area contributed by atoms with Gasteiger partial charge in [-0.15, -0.1) is 0 Å². The quantitative estimate of drug-likeness (QED) is 0.481. The van der Waals surface area contributed by atoms with Crippen molar-refractivity contribution in [2.45, 2.75) is 25.2 Å². The summed E-state index contributed by atoms with van der Waals surface area (Å²) >= 11 is 0. The Hall–Kier alpha value is -3.43. The van der Waals surface area contributed by atoms with Crippen LogP contribution in [0.2, 0.25) is 0 Å². The van der Waals surface area contributed by atoms with Crippen molar-refractivity contribution in [3.05, 3.63) is 71.7 Å². The van der Waals surface area contributed by atoms with Crippen LogP contribution in [0.3, 0.4) is 0 Å². The van der Waals surface area contributed by atoms with Gasteiger partial charge in [0.1, 0.15) is 22.9 Å². The Balaban J connectivity index is 1.35. The molecule has 0 radical (unpaired) electrons. The van der Waals surface area contributed by atoms with Crippen LogP contribution in [0.1, 0.15) is 31.0 Å². The summed E-state index contributed by atoms with van der Waals surface area (Å²) in [5, 5.41) is 1.10. The number of aromatic nitrogens is 4. The van der Waals surface area contributed by atoms with Crippen LogP contribution in [0.15, 0.2) is 65.9 Å². The lowest BCUT2D eigenvalue weighted by Gasteiger charge is -2.31. The molecular formula is C24H24N6O2S. The van der Waals surface area contributed by atoms with Crippen molar-refractivity contribution in [1.82, 2.24) is 23.7 Å². The summed E-state index contributed by atoms with van der Waals surface area (Å²) in [6.45, 7) is 0.948. The number of anilines is 1. The minimum atomic E-state index is -3.40. The molecule has 8 nitrogen and oxygen atoms in total. The van der Waals surface area contributed by atoms with Crippen LogP contribution in [0.5, 0.6) is 0 Å². The summed E-state index contributed by atoms with van der Waals surface area (Å²) in [7, 11) is -3.40. The van der Waals surface area contributed by atoms with Crippen LogP contribution < -0.4 is 5.73 Å². The Bertz CT molecular complexity index is 1500. The van der Waals surface area contributed by atoms with Gasteiger partial charge in [-0.1, -0.05) is 30.4 Å². The maximum atomic E-state index is 12.9. The largest absolute Gasteiger partial charge is 0.382 e. The van der Waals surface area contributed by atoms with Gasteiger partial charge in [0.15, 0.2) is 0 Å². The number of sulfonamides is 1. The molecule has 1 aromatic carbocycles. The Kier molecular flexibility index (Phi) is 4.63. The number of fused-ring (bicyclic) bond motifs is 2. The van der Waals surface area contributed by atoms with Crippen LogP contribution in [0, 0.1) is 0 Å². The Labute approximate surface area is 191 Å². The van der Waals surface area contributed by atoms with Gasteiger partial charge in [-0.2, -0.15) is 4.31 Å². The van der Waals surface area contributed by atoms with E-state index in [1.807, 2.05) is 34.9 Å². The molecule has 1 saturated heterocycles. The van der Waals surface area contributed by atoms with Gasteiger partial charge in [0, 0.05) is 48.7 Å². The van der Waals surface area contributed by atoms with E-state index in [4.69, 9.17) is 10.7 Å². The molecule has 0 spiro atoms. The molecule has 6 rings (SSSR count). The normalized spacial score (nSPS) is 17.9. The SMILES string of the molecule is Nc1nccn2c(C3CCN(S(=O)(=O)C4=CC=CC4)CC3)nc(-c3cc4ccccc4[nH]3)c12. The summed E-state index contributed by atoms with van der Waals surface area (Å²) in [4.78, 5) is 13.2. The van der Waals surface area contributed by atoms with Crippen LogP contribution in [-0.4, -0.2) is 45.2 Å². The molecule has 2 aliphatic rings. The Morgan fingerprint density at radius 2 is 1.97 bits per heavy atom. The molecule has 168 valence electrons. The number of para-hydroxylation sites is 1. The molecular weight excluding hydrogens is 436 g/mol. The number of aromatic amines is 1. The number of nitrogen functional groups attached to an aromatic ring is 1. The zero-order valence-electron chi connectivity index (χ0n) is 18.0. The Morgan fingerprint density at radius 3 is 2.73 bits per heavy atom. The zero-order valence-corrected chi connectivity index (χ0v) is 18.8. The van der Waals surface area contributed by atoms with Crippen LogP contribution >= 0.6 is 0 Å². The number of hydrogen-bond acceptors (Lipinski definition) is 5. The van der Waals surface area contributed by atoms with Gasteiger partial charge in [-0.25, -0.2) is 18.4 Å². The molecule has 0 atom stereocenters. The van der Waals surface area contributed by atoms with E-state index in [1.165, 1.54) is 0 Å². The van der Waals surface area contributed by atoms with Crippen molar-refractivity contribution in [3.63, 3.8) is 0 Å². The Morgan fingerprint density at radius 1 is 1.15 bits per heavy atom. The number of nitrogens with zero attached hydrogens (tertiary/aromatic N) is 4. The van der Waals surface area contributed by atoms with Crippen LogP contribution in [0.4, 0.5) is 5.82 Å². The number of H-pyrrole nitrogens is 1. The highest BCUT2D eigenvalue weighted by molar-refractivity contribution is 7.93. The number of allylic oxidation sites excluding steroid dienone is 4. The maximum Gasteiger partial charge on any atom is 0.239 e. The summed E-state index contributed by atoms with van der Waals surface area (Å²) < 4.78 is 29.5. The summed E-state index contributed by atoms with van der Waals surface area (Å²) in [6, 6.07) is 10.2. The van der Waals surface area contributed by atoms with Gasteiger partial charge in [0.2, 0.25) is 10.0 Å². The second-order valence-corrected chi connectivity index (χ2v) is 10.6. The first-order valence-corrected chi connectivity index (χ1v) is 12.5. The second-order valence-electron chi connectivity index (χ2n) is 8.56. The molecule has 0 saturated carbocycles. The second kappa shape index (κ2) is 7.57. The number of piperidine rings is 1. The third kappa shape index (κ3) is 3.27. The third-order valence-corrected chi connectivity index (χ3v) is 8.63. The first kappa shape index (κ1) is 20.2. The first-order valence-electron chi connectivity index (χ1n) is 11.1. The standard InChI is InChI=1S/C24H24N6O2S/c25-23-22-21(20-15-17-5-1-4-8-19(17)27-20)28-24(30(22)14-11-26-23)16-9-12-29(13-10-16)33(31,32)18-6-2-3-7-18/h1-6,8,11,14-16,27H,7,9-10,12-13H2,(H2,25,26). The molecule has 0 unspecified atom stereocenters. The van der Waals surface area contributed by atoms with E-state index >= 15 is 0 Å². The van der Waals surface area contributed by atoms with Crippen molar-refractivity contribution in [2.75, 3.05) is 18.8 Å². The zero-order chi connectivity index (χ0) is 22.6. The topological polar surface area (TPSA) is 109 Å². The van der Waals surface area contributed by atoms with E-state index in [2.05, 4.69) is 22.1 Å².